The zero-order chi connectivity index (χ0) is 16.0. The van der Waals surface area contributed by atoms with Gasteiger partial charge in [-0.15, -0.1) is 0 Å². The van der Waals surface area contributed by atoms with Crippen molar-refractivity contribution in [1.29, 1.82) is 0 Å². The summed E-state index contributed by atoms with van der Waals surface area (Å²) in [4.78, 5) is 32.9. The molecular weight excluding hydrogens is 412 g/mol. The minimum atomic E-state index is -1.26. The Balaban J connectivity index is 2.95. The van der Waals surface area contributed by atoms with E-state index >= 15 is 0 Å². The molecule has 0 saturated carbocycles. The van der Waals surface area contributed by atoms with Crippen LogP contribution in [0.2, 0.25) is 0 Å². The number of halogens is 2. The smallest absolute Gasteiger partial charge is 0.339 e. The van der Waals surface area contributed by atoms with Crippen LogP contribution in [0.25, 0.3) is 0 Å². The Labute approximate surface area is 136 Å². The number of benzene rings is 1. The summed E-state index contributed by atoms with van der Waals surface area (Å²) >= 11 is 6.24. The van der Waals surface area contributed by atoms with E-state index in [0.29, 0.717) is 4.47 Å². The number of carboxylic acid groups (broad SMARTS) is 2. The highest BCUT2D eigenvalue weighted by Crippen LogP contribution is 2.33. The van der Waals surface area contributed by atoms with Crippen molar-refractivity contribution in [2.24, 2.45) is 0 Å². The van der Waals surface area contributed by atoms with Crippen LogP contribution >= 0.6 is 31.9 Å². The number of ether oxygens (including phenoxy) is 1. The van der Waals surface area contributed by atoms with Crippen molar-refractivity contribution >= 4 is 49.8 Å². The molecule has 0 fully saturated rings. The Morgan fingerprint density at radius 3 is 2.24 bits per heavy atom. The Morgan fingerprint density at radius 2 is 1.67 bits per heavy atom. The number of aliphatic carboxylic acids is 1. The number of esters is 1. The highest BCUT2D eigenvalue weighted by Gasteiger charge is 2.18. The molecule has 0 aromatic heterocycles. The molecule has 0 saturated heterocycles. The van der Waals surface area contributed by atoms with Crippen LogP contribution in [-0.2, 0) is 9.59 Å². The molecule has 1 aromatic carbocycles. The molecule has 1 aromatic rings. The first-order chi connectivity index (χ1) is 9.81. The fourth-order valence-electron chi connectivity index (χ4n) is 1.23. The summed E-state index contributed by atoms with van der Waals surface area (Å²) in [6.07, 6.45) is 4.11. The van der Waals surface area contributed by atoms with Crippen LogP contribution in [0.4, 0.5) is 0 Å². The normalized spacial score (nSPS) is 11.0. The summed E-state index contributed by atoms with van der Waals surface area (Å²) < 4.78 is 5.74. The maximum Gasteiger partial charge on any atom is 0.339 e. The maximum absolute atomic E-state index is 11.6. The van der Waals surface area contributed by atoms with Crippen LogP contribution in [0.5, 0.6) is 5.75 Å². The third-order valence-corrected chi connectivity index (χ3v) is 3.07. The topological polar surface area (TPSA) is 101 Å². The lowest BCUT2D eigenvalue weighted by Gasteiger charge is -2.08. The molecule has 0 aliphatic rings. The van der Waals surface area contributed by atoms with Gasteiger partial charge in [-0.2, -0.15) is 0 Å². The highest BCUT2D eigenvalue weighted by molar-refractivity contribution is 9.11. The first-order valence-electron chi connectivity index (χ1n) is 5.33. The summed E-state index contributed by atoms with van der Waals surface area (Å²) in [6.45, 7) is 0. The van der Waals surface area contributed by atoms with E-state index in [1.807, 2.05) is 0 Å². The van der Waals surface area contributed by atoms with E-state index in [9.17, 15) is 14.4 Å². The Hall–Kier alpha value is -1.93. The van der Waals surface area contributed by atoms with Crippen molar-refractivity contribution in [3.05, 3.63) is 50.9 Å². The van der Waals surface area contributed by atoms with E-state index in [2.05, 4.69) is 31.9 Å². The molecule has 0 amide bonds. The third kappa shape index (κ3) is 5.52. The fourth-order valence-corrected chi connectivity index (χ4v) is 2.54. The monoisotopic (exact) mass is 418 g/mol. The minimum absolute atomic E-state index is 0.137. The number of carbonyl (C=O) groups excluding carboxylic acids is 1. The summed E-state index contributed by atoms with van der Waals surface area (Å²) in [5, 5.41) is 17.4. The van der Waals surface area contributed by atoms with Gasteiger partial charge in [0.25, 0.3) is 0 Å². The van der Waals surface area contributed by atoms with E-state index in [4.69, 9.17) is 14.9 Å². The van der Waals surface area contributed by atoms with Crippen LogP contribution in [0.3, 0.4) is 0 Å². The van der Waals surface area contributed by atoms with Gasteiger partial charge in [-0.05, 0) is 28.1 Å². The van der Waals surface area contributed by atoms with Crippen LogP contribution in [-0.4, -0.2) is 28.1 Å². The molecule has 2 N–H and O–H groups in total. The van der Waals surface area contributed by atoms with Crippen LogP contribution < -0.4 is 4.74 Å². The van der Waals surface area contributed by atoms with Gasteiger partial charge >= 0.3 is 17.9 Å². The SMILES string of the molecule is O=C(O)/C=C/C=C/C(=O)Oc1c(Br)cc(Br)cc1C(=O)O. The second-order valence-electron chi connectivity index (χ2n) is 3.55. The van der Waals surface area contributed by atoms with Crippen molar-refractivity contribution in [1.82, 2.24) is 0 Å². The van der Waals surface area contributed by atoms with Gasteiger partial charge in [-0.25, -0.2) is 14.4 Å². The van der Waals surface area contributed by atoms with E-state index < -0.39 is 17.9 Å². The lowest BCUT2D eigenvalue weighted by molar-refractivity contribution is -0.131. The molecule has 1 rings (SSSR count). The summed E-state index contributed by atoms with van der Waals surface area (Å²) in [7, 11) is 0. The number of hydrogen-bond acceptors (Lipinski definition) is 4. The molecule has 110 valence electrons. The Kier molecular flexibility index (Phi) is 6.32. The van der Waals surface area contributed by atoms with Gasteiger partial charge in [-0.1, -0.05) is 28.1 Å². The summed E-state index contributed by atoms with van der Waals surface area (Å²) in [5.74, 6) is -3.38. The molecule has 0 atom stereocenters. The number of carboxylic acids is 2. The molecule has 21 heavy (non-hydrogen) atoms. The molecule has 0 heterocycles. The predicted molar refractivity (Wildman–Crippen MR) is 80.4 cm³/mol. The van der Waals surface area contributed by atoms with Crippen molar-refractivity contribution < 1.29 is 29.3 Å². The van der Waals surface area contributed by atoms with Gasteiger partial charge in [0.15, 0.2) is 5.75 Å². The first-order valence-corrected chi connectivity index (χ1v) is 6.91. The van der Waals surface area contributed by atoms with Crippen molar-refractivity contribution in [2.45, 2.75) is 0 Å². The fraction of sp³-hybridized carbons (Fsp3) is 0. The standard InChI is InChI=1S/C13H8Br2O6/c14-7-5-8(13(19)20)12(9(15)6-7)21-11(18)4-2-1-3-10(16)17/h1-6H,(H,16,17)(H,19,20)/b3-1+,4-2+. The van der Waals surface area contributed by atoms with E-state index in [-0.39, 0.29) is 15.8 Å². The molecule has 0 radical (unpaired) electrons. The molecule has 0 unspecified atom stereocenters. The number of aromatic carboxylic acids is 1. The Morgan fingerprint density at radius 1 is 1.05 bits per heavy atom. The number of rotatable bonds is 5. The molecular formula is C13H8Br2O6. The first kappa shape index (κ1) is 17.1. The second kappa shape index (κ2) is 7.75. The van der Waals surface area contributed by atoms with Gasteiger partial charge < -0.3 is 14.9 Å². The number of allylic oxidation sites excluding steroid dienone is 2. The molecule has 0 aliphatic heterocycles. The van der Waals surface area contributed by atoms with Gasteiger partial charge in [0, 0.05) is 16.6 Å². The van der Waals surface area contributed by atoms with Crippen LogP contribution in [0.1, 0.15) is 10.4 Å². The molecule has 8 heteroatoms. The van der Waals surface area contributed by atoms with E-state index in [0.717, 1.165) is 18.2 Å². The van der Waals surface area contributed by atoms with Gasteiger partial charge in [0.1, 0.15) is 5.56 Å². The number of carbonyl (C=O) groups is 3. The van der Waals surface area contributed by atoms with E-state index in [1.54, 1.807) is 0 Å². The zero-order valence-electron chi connectivity index (χ0n) is 10.2. The van der Waals surface area contributed by atoms with Gasteiger partial charge in [0.05, 0.1) is 4.47 Å². The average Bonchev–Trinajstić information content (AvgIpc) is 2.37. The minimum Gasteiger partial charge on any atom is -0.478 e. The summed E-state index contributed by atoms with van der Waals surface area (Å²) in [5.41, 5.74) is -0.195. The van der Waals surface area contributed by atoms with Crippen molar-refractivity contribution in [2.75, 3.05) is 0 Å². The molecule has 0 aliphatic carbocycles. The predicted octanol–water partition coefficient (Wildman–Crippen LogP) is 3.01. The quantitative estimate of drug-likeness (QED) is 0.329. The van der Waals surface area contributed by atoms with E-state index in [1.165, 1.54) is 18.2 Å². The average molecular weight is 420 g/mol. The van der Waals surface area contributed by atoms with Gasteiger partial charge in [-0.3, -0.25) is 0 Å². The van der Waals surface area contributed by atoms with Crippen molar-refractivity contribution in [3.8, 4) is 5.75 Å². The third-order valence-electron chi connectivity index (χ3n) is 2.02. The maximum atomic E-state index is 11.6. The second-order valence-corrected chi connectivity index (χ2v) is 5.32. The molecule has 0 spiro atoms. The zero-order valence-corrected chi connectivity index (χ0v) is 13.4. The number of hydrogen-bond donors (Lipinski definition) is 2. The summed E-state index contributed by atoms with van der Waals surface area (Å²) in [6, 6.07) is 2.83. The Bertz CT molecular complexity index is 648. The molecule has 6 nitrogen and oxygen atoms in total. The van der Waals surface area contributed by atoms with Crippen LogP contribution in [0.15, 0.2) is 45.4 Å². The lowest BCUT2D eigenvalue weighted by Crippen LogP contribution is -2.09. The van der Waals surface area contributed by atoms with Crippen LogP contribution in [0, 0.1) is 0 Å². The highest BCUT2D eigenvalue weighted by atomic mass is 79.9. The van der Waals surface area contributed by atoms with Crippen molar-refractivity contribution in [3.63, 3.8) is 0 Å². The largest absolute Gasteiger partial charge is 0.478 e. The molecule has 0 bridgehead atoms. The lowest BCUT2D eigenvalue weighted by atomic mass is 10.2. The van der Waals surface area contributed by atoms with Gasteiger partial charge in [0.2, 0.25) is 0 Å².